The highest BCUT2D eigenvalue weighted by molar-refractivity contribution is 7.61. The smallest absolute Gasteiger partial charge is 0.321 e. The van der Waals surface area contributed by atoms with E-state index in [1.807, 2.05) is 19.1 Å². The Balaban J connectivity index is 2.59. The van der Waals surface area contributed by atoms with E-state index < -0.39 is 7.60 Å². The molecule has 1 heterocycles. The third-order valence-corrected chi connectivity index (χ3v) is 4.03. The van der Waals surface area contributed by atoms with Crippen molar-refractivity contribution in [2.45, 2.75) is 13.3 Å². The van der Waals surface area contributed by atoms with Gasteiger partial charge < -0.3 is 9.42 Å². The number of fused-ring (bicyclic) bond motifs is 1. The van der Waals surface area contributed by atoms with Crippen LogP contribution < -0.4 is 9.99 Å². The van der Waals surface area contributed by atoms with Crippen LogP contribution in [0.3, 0.4) is 0 Å². The summed E-state index contributed by atoms with van der Waals surface area (Å²) in [5.41, 5.74) is 0.673. The number of hydrogen-bond donors (Lipinski definition) is 1. The molecule has 0 spiro atoms. The maximum atomic E-state index is 12.2. The molecule has 5 nitrogen and oxygen atoms in total. The fraction of sp³-hybridized carbons (Fsp3) is 0.333. The van der Waals surface area contributed by atoms with E-state index >= 15 is 0 Å². The van der Waals surface area contributed by atoms with Crippen LogP contribution in [0.1, 0.15) is 13.3 Å². The molecular formula is C12H16N2O3P+. The molecule has 1 aromatic carbocycles. The number of rotatable bonds is 4. The highest BCUT2D eigenvalue weighted by Gasteiger charge is 2.28. The topological polar surface area (TPSA) is 63.3 Å². The lowest BCUT2D eigenvalue weighted by atomic mass is 10.2. The lowest BCUT2D eigenvalue weighted by Gasteiger charge is -2.11. The minimum Gasteiger partial charge on any atom is -0.321 e. The van der Waals surface area contributed by atoms with Gasteiger partial charge in [0.15, 0.2) is 7.05 Å². The maximum Gasteiger partial charge on any atom is 0.365 e. The second-order valence-corrected chi connectivity index (χ2v) is 5.84. The molecule has 6 heteroatoms. The predicted octanol–water partition coefficient (Wildman–Crippen LogP) is 1.30. The Morgan fingerprint density at radius 1 is 1.44 bits per heavy atom. The predicted molar refractivity (Wildman–Crippen MR) is 68.6 cm³/mol. The van der Waals surface area contributed by atoms with E-state index in [1.54, 1.807) is 25.4 Å². The van der Waals surface area contributed by atoms with Gasteiger partial charge >= 0.3 is 7.60 Å². The first-order valence-corrected chi connectivity index (χ1v) is 7.36. The largest absolute Gasteiger partial charge is 0.365 e. The molecule has 96 valence electrons. The van der Waals surface area contributed by atoms with Crippen LogP contribution in [-0.2, 0) is 16.1 Å². The second-order valence-electron chi connectivity index (χ2n) is 4.06. The van der Waals surface area contributed by atoms with Crippen LogP contribution in [0, 0.1) is 0 Å². The Morgan fingerprint density at radius 3 is 2.89 bits per heavy atom. The highest BCUT2D eigenvalue weighted by Crippen LogP contribution is 2.42. The molecule has 0 aliphatic carbocycles. The van der Waals surface area contributed by atoms with Crippen molar-refractivity contribution in [1.82, 2.24) is 5.10 Å². The Hall–Kier alpha value is -1.29. The summed E-state index contributed by atoms with van der Waals surface area (Å²) in [5, 5.41) is 5.20. The van der Waals surface area contributed by atoms with Crippen LogP contribution in [0.5, 0.6) is 0 Å². The molecule has 1 atom stereocenters. The summed E-state index contributed by atoms with van der Waals surface area (Å²) < 4.78 is 18.9. The standard InChI is InChI=1S/C12H15N2O3P/c1-3-8-17-18(15,16)12-9-14(2)13-11-7-5-4-6-10(11)12/h4-7,9H,3,8H2,1-2H3/p+1. The van der Waals surface area contributed by atoms with E-state index in [4.69, 9.17) is 4.52 Å². The molecule has 0 aliphatic heterocycles. The molecule has 1 aromatic heterocycles. The number of aromatic nitrogens is 2. The molecule has 2 rings (SSSR count). The quantitative estimate of drug-likeness (QED) is 0.670. The van der Waals surface area contributed by atoms with Gasteiger partial charge in [-0.25, -0.2) is 0 Å². The van der Waals surface area contributed by atoms with Crippen LogP contribution in [0.4, 0.5) is 0 Å². The van der Waals surface area contributed by atoms with E-state index in [0.29, 0.717) is 22.6 Å². The second kappa shape index (κ2) is 5.14. The van der Waals surface area contributed by atoms with E-state index in [9.17, 15) is 9.46 Å². The molecule has 0 bridgehead atoms. The summed E-state index contributed by atoms with van der Waals surface area (Å²) in [7, 11) is -2.08. The third-order valence-electron chi connectivity index (χ3n) is 2.53. The zero-order chi connectivity index (χ0) is 13.2. The van der Waals surface area contributed by atoms with Gasteiger partial charge in [0.25, 0.3) is 0 Å². The SMILES string of the molecule is CCCOP(=O)(O)c1c[n+](C)nc2ccccc12. The van der Waals surface area contributed by atoms with Crippen molar-refractivity contribution in [2.75, 3.05) is 6.61 Å². The molecule has 0 amide bonds. The Bertz CT molecular complexity index is 615. The lowest BCUT2D eigenvalue weighted by molar-refractivity contribution is -0.727. The molecule has 1 N–H and O–H groups in total. The Labute approximate surface area is 106 Å². The molecule has 2 aromatic rings. The maximum absolute atomic E-state index is 12.2. The van der Waals surface area contributed by atoms with Gasteiger partial charge in [0.05, 0.1) is 6.61 Å². The minimum absolute atomic E-state index is 0.258. The van der Waals surface area contributed by atoms with E-state index in [-0.39, 0.29) is 6.61 Å². The fourth-order valence-corrected chi connectivity index (χ4v) is 3.11. The molecule has 1 unspecified atom stereocenters. The van der Waals surface area contributed by atoms with Crippen molar-refractivity contribution in [3.05, 3.63) is 30.5 Å². The van der Waals surface area contributed by atoms with Gasteiger partial charge in [-0.05, 0) is 17.6 Å². The summed E-state index contributed by atoms with van der Waals surface area (Å²) in [6, 6.07) is 7.23. The fourth-order valence-electron chi connectivity index (χ4n) is 1.73. The van der Waals surface area contributed by atoms with Crippen molar-refractivity contribution >= 4 is 23.8 Å². The third kappa shape index (κ3) is 2.58. The van der Waals surface area contributed by atoms with Gasteiger partial charge in [-0.15, -0.1) is 0 Å². The molecule has 0 radical (unpaired) electrons. The van der Waals surface area contributed by atoms with Gasteiger partial charge in [-0.3, -0.25) is 4.57 Å². The number of benzene rings is 1. The summed E-state index contributed by atoms with van der Waals surface area (Å²) in [6.45, 7) is 2.15. The van der Waals surface area contributed by atoms with Crippen molar-refractivity contribution < 1.29 is 18.7 Å². The zero-order valence-electron chi connectivity index (χ0n) is 10.4. The van der Waals surface area contributed by atoms with Crippen molar-refractivity contribution in [3.63, 3.8) is 0 Å². The van der Waals surface area contributed by atoms with Gasteiger partial charge in [0, 0.05) is 5.39 Å². The van der Waals surface area contributed by atoms with E-state index in [2.05, 4.69) is 5.10 Å². The average Bonchev–Trinajstić information content (AvgIpc) is 2.35. The first-order valence-electron chi connectivity index (χ1n) is 5.78. The molecular weight excluding hydrogens is 251 g/mol. The monoisotopic (exact) mass is 267 g/mol. The van der Waals surface area contributed by atoms with Crippen LogP contribution >= 0.6 is 7.60 Å². The summed E-state index contributed by atoms with van der Waals surface area (Å²) in [5.74, 6) is 0. The van der Waals surface area contributed by atoms with Crippen LogP contribution in [0.15, 0.2) is 30.5 Å². The number of nitrogens with zero attached hydrogens (tertiary/aromatic N) is 2. The van der Waals surface area contributed by atoms with Gasteiger partial charge in [-0.2, -0.15) is 0 Å². The molecule has 0 saturated carbocycles. The first kappa shape index (κ1) is 13.1. The van der Waals surface area contributed by atoms with Gasteiger partial charge in [-0.1, -0.05) is 29.8 Å². The van der Waals surface area contributed by atoms with Crippen LogP contribution in [0.25, 0.3) is 10.9 Å². The molecule has 0 aliphatic rings. The lowest BCUT2D eigenvalue weighted by Crippen LogP contribution is -2.36. The minimum atomic E-state index is -3.79. The Morgan fingerprint density at radius 2 is 2.17 bits per heavy atom. The Kier molecular flexibility index (Phi) is 3.76. The van der Waals surface area contributed by atoms with E-state index in [0.717, 1.165) is 0 Å². The molecule has 0 saturated heterocycles. The first-order chi connectivity index (χ1) is 8.54. The highest BCUT2D eigenvalue weighted by atomic mass is 31.2. The van der Waals surface area contributed by atoms with Gasteiger partial charge in [0.2, 0.25) is 6.20 Å². The zero-order valence-corrected chi connectivity index (χ0v) is 11.3. The van der Waals surface area contributed by atoms with Crippen molar-refractivity contribution in [3.8, 4) is 0 Å². The van der Waals surface area contributed by atoms with Crippen LogP contribution in [-0.4, -0.2) is 16.6 Å². The van der Waals surface area contributed by atoms with Gasteiger partial charge in [0.1, 0.15) is 10.8 Å². The normalized spacial score (nSPS) is 14.6. The summed E-state index contributed by atoms with van der Waals surface area (Å²) >= 11 is 0. The molecule has 0 fully saturated rings. The molecule has 18 heavy (non-hydrogen) atoms. The number of hydrogen-bond acceptors (Lipinski definition) is 3. The summed E-state index contributed by atoms with van der Waals surface area (Å²) in [6.07, 6.45) is 2.23. The van der Waals surface area contributed by atoms with E-state index in [1.165, 1.54) is 4.68 Å². The van der Waals surface area contributed by atoms with Crippen molar-refractivity contribution in [2.24, 2.45) is 7.05 Å². The average molecular weight is 267 g/mol. The number of aryl methyl sites for hydroxylation is 1. The van der Waals surface area contributed by atoms with Crippen LogP contribution in [0.2, 0.25) is 0 Å². The summed E-state index contributed by atoms with van der Waals surface area (Å²) in [4.78, 5) is 10.0. The van der Waals surface area contributed by atoms with Crippen molar-refractivity contribution in [1.29, 1.82) is 0 Å².